The molecular weight excluding hydrogens is 294 g/mol. The van der Waals surface area contributed by atoms with Crippen LogP contribution >= 0.6 is 0 Å². The molecule has 2 rings (SSSR count). The summed E-state index contributed by atoms with van der Waals surface area (Å²) in [6.07, 6.45) is 0. The average Bonchev–Trinajstić information content (AvgIpc) is 2.60. The Kier molecular flexibility index (Phi) is 5.57. The number of urea groups is 1. The second-order valence-electron chi connectivity index (χ2n) is 4.78. The van der Waals surface area contributed by atoms with E-state index in [-0.39, 0.29) is 11.9 Å². The van der Waals surface area contributed by atoms with Crippen LogP contribution < -0.4 is 20.7 Å². The molecule has 0 saturated carbocycles. The maximum Gasteiger partial charge on any atom is 0.318 e. The van der Waals surface area contributed by atoms with Crippen LogP contribution in [0.3, 0.4) is 0 Å². The van der Waals surface area contributed by atoms with Crippen molar-refractivity contribution in [1.29, 1.82) is 0 Å². The highest BCUT2D eigenvalue weighted by molar-refractivity contribution is 5.96. The van der Waals surface area contributed by atoms with Gasteiger partial charge in [0.05, 0.1) is 12.7 Å². The molecular formula is C17H19N3O3. The van der Waals surface area contributed by atoms with Gasteiger partial charge in [0.1, 0.15) is 5.75 Å². The van der Waals surface area contributed by atoms with Gasteiger partial charge in [-0.15, -0.1) is 0 Å². The number of amides is 3. The van der Waals surface area contributed by atoms with Gasteiger partial charge in [0.2, 0.25) is 0 Å². The molecule has 0 aliphatic rings. The number of benzene rings is 2. The standard InChI is InChI=1S/C17H19N3O3/c1-18-17(22)20-13-9-7-12(8-10-13)11-19-16(21)14-5-3-4-6-15(14)23-2/h3-10H,11H2,1-2H3,(H,19,21)(H2,18,20,22). The van der Waals surface area contributed by atoms with Gasteiger partial charge in [-0.3, -0.25) is 4.79 Å². The van der Waals surface area contributed by atoms with Gasteiger partial charge in [-0.05, 0) is 29.8 Å². The largest absolute Gasteiger partial charge is 0.496 e. The molecule has 0 spiro atoms. The monoisotopic (exact) mass is 313 g/mol. The van der Waals surface area contributed by atoms with E-state index in [0.29, 0.717) is 23.5 Å². The van der Waals surface area contributed by atoms with Gasteiger partial charge in [0, 0.05) is 19.3 Å². The van der Waals surface area contributed by atoms with Crippen molar-refractivity contribution in [3.05, 3.63) is 59.7 Å². The van der Waals surface area contributed by atoms with Crippen molar-refractivity contribution in [3.63, 3.8) is 0 Å². The first-order valence-electron chi connectivity index (χ1n) is 7.13. The summed E-state index contributed by atoms with van der Waals surface area (Å²) >= 11 is 0. The highest BCUT2D eigenvalue weighted by atomic mass is 16.5. The smallest absolute Gasteiger partial charge is 0.318 e. The number of para-hydroxylation sites is 1. The first kappa shape index (κ1) is 16.4. The fourth-order valence-electron chi connectivity index (χ4n) is 2.01. The van der Waals surface area contributed by atoms with E-state index in [1.807, 2.05) is 18.2 Å². The van der Waals surface area contributed by atoms with Crippen LogP contribution in [0, 0.1) is 0 Å². The molecule has 0 aromatic heterocycles. The van der Waals surface area contributed by atoms with E-state index < -0.39 is 0 Å². The quantitative estimate of drug-likeness (QED) is 0.793. The Labute approximate surface area is 134 Å². The third-order valence-corrected chi connectivity index (χ3v) is 3.24. The fraction of sp³-hybridized carbons (Fsp3) is 0.176. The SMILES string of the molecule is CNC(=O)Nc1ccc(CNC(=O)c2ccccc2OC)cc1. The third kappa shape index (κ3) is 4.47. The summed E-state index contributed by atoms with van der Waals surface area (Å²) < 4.78 is 5.17. The van der Waals surface area contributed by atoms with Crippen molar-refractivity contribution in [2.24, 2.45) is 0 Å². The highest BCUT2D eigenvalue weighted by Gasteiger charge is 2.10. The summed E-state index contributed by atoms with van der Waals surface area (Å²) in [5, 5.41) is 7.99. The van der Waals surface area contributed by atoms with Gasteiger partial charge in [-0.1, -0.05) is 24.3 Å². The first-order chi connectivity index (χ1) is 11.1. The maximum atomic E-state index is 12.2. The lowest BCUT2D eigenvalue weighted by Crippen LogP contribution is -2.24. The molecule has 0 saturated heterocycles. The normalized spacial score (nSPS) is 9.83. The van der Waals surface area contributed by atoms with Crippen LogP contribution in [0.1, 0.15) is 15.9 Å². The predicted molar refractivity (Wildman–Crippen MR) is 88.7 cm³/mol. The number of carbonyl (C=O) groups is 2. The van der Waals surface area contributed by atoms with E-state index in [2.05, 4.69) is 16.0 Å². The van der Waals surface area contributed by atoms with Crippen molar-refractivity contribution >= 4 is 17.6 Å². The second-order valence-corrected chi connectivity index (χ2v) is 4.78. The zero-order valence-corrected chi connectivity index (χ0v) is 13.1. The fourth-order valence-corrected chi connectivity index (χ4v) is 2.01. The third-order valence-electron chi connectivity index (χ3n) is 3.24. The molecule has 0 aliphatic heterocycles. The summed E-state index contributed by atoms with van der Waals surface area (Å²) in [4.78, 5) is 23.4. The Morgan fingerprint density at radius 1 is 1.04 bits per heavy atom. The Bertz CT molecular complexity index is 684. The molecule has 0 aliphatic carbocycles. The summed E-state index contributed by atoms with van der Waals surface area (Å²) in [6, 6.07) is 14.0. The van der Waals surface area contributed by atoms with E-state index in [0.717, 1.165) is 5.56 Å². The molecule has 0 radical (unpaired) electrons. The van der Waals surface area contributed by atoms with Crippen molar-refractivity contribution in [2.75, 3.05) is 19.5 Å². The second kappa shape index (κ2) is 7.84. The lowest BCUT2D eigenvalue weighted by Gasteiger charge is -2.10. The van der Waals surface area contributed by atoms with Gasteiger partial charge >= 0.3 is 6.03 Å². The maximum absolute atomic E-state index is 12.2. The molecule has 2 aromatic carbocycles. The minimum Gasteiger partial charge on any atom is -0.496 e. The minimum absolute atomic E-state index is 0.199. The number of hydrogen-bond acceptors (Lipinski definition) is 3. The number of methoxy groups -OCH3 is 1. The van der Waals surface area contributed by atoms with Crippen molar-refractivity contribution in [2.45, 2.75) is 6.54 Å². The zero-order valence-electron chi connectivity index (χ0n) is 13.1. The summed E-state index contributed by atoms with van der Waals surface area (Å²) in [7, 11) is 3.08. The topological polar surface area (TPSA) is 79.5 Å². The predicted octanol–water partition coefficient (Wildman–Crippen LogP) is 2.38. The van der Waals surface area contributed by atoms with Gasteiger partial charge in [-0.25, -0.2) is 4.79 Å². The van der Waals surface area contributed by atoms with Crippen molar-refractivity contribution in [3.8, 4) is 5.75 Å². The van der Waals surface area contributed by atoms with E-state index in [1.54, 1.807) is 37.4 Å². The molecule has 0 bridgehead atoms. The van der Waals surface area contributed by atoms with Crippen LogP contribution in [-0.4, -0.2) is 26.1 Å². The molecule has 0 atom stereocenters. The van der Waals surface area contributed by atoms with Crippen LogP contribution in [0.5, 0.6) is 5.75 Å². The molecule has 0 unspecified atom stereocenters. The Morgan fingerprint density at radius 2 is 1.74 bits per heavy atom. The highest BCUT2D eigenvalue weighted by Crippen LogP contribution is 2.17. The number of anilines is 1. The average molecular weight is 313 g/mol. The summed E-state index contributed by atoms with van der Waals surface area (Å²) in [6.45, 7) is 0.386. The van der Waals surface area contributed by atoms with Gasteiger partial charge in [0.15, 0.2) is 0 Å². The van der Waals surface area contributed by atoms with Crippen LogP contribution in [0.4, 0.5) is 10.5 Å². The number of nitrogens with one attached hydrogen (secondary N) is 3. The number of rotatable bonds is 5. The summed E-state index contributed by atoms with van der Waals surface area (Å²) in [5.41, 5.74) is 2.10. The van der Waals surface area contributed by atoms with E-state index >= 15 is 0 Å². The zero-order chi connectivity index (χ0) is 16.7. The van der Waals surface area contributed by atoms with Crippen molar-refractivity contribution < 1.29 is 14.3 Å². The molecule has 6 nitrogen and oxygen atoms in total. The van der Waals surface area contributed by atoms with E-state index in [1.165, 1.54) is 7.11 Å². The number of hydrogen-bond donors (Lipinski definition) is 3. The number of carbonyl (C=O) groups excluding carboxylic acids is 2. The molecule has 0 fully saturated rings. The van der Waals surface area contributed by atoms with Crippen LogP contribution in [0.15, 0.2) is 48.5 Å². The number of ether oxygens (including phenoxy) is 1. The molecule has 2 aromatic rings. The lowest BCUT2D eigenvalue weighted by molar-refractivity contribution is 0.0948. The van der Waals surface area contributed by atoms with E-state index in [9.17, 15) is 9.59 Å². The van der Waals surface area contributed by atoms with Gasteiger partial charge < -0.3 is 20.7 Å². The van der Waals surface area contributed by atoms with Crippen LogP contribution in [-0.2, 0) is 6.54 Å². The molecule has 6 heteroatoms. The summed E-state index contributed by atoms with van der Waals surface area (Å²) in [5.74, 6) is 0.338. The van der Waals surface area contributed by atoms with Crippen LogP contribution in [0.2, 0.25) is 0 Å². The van der Waals surface area contributed by atoms with Gasteiger partial charge in [-0.2, -0.15) is 0 Å². The van der Waals surface area contributed by atoms with Gasteiger partial charge in [0.25, 0.3) is 5.91 Å². The molecule has 0 heterocycles. The lowest BCUT2D eigenvalue weighted by atomic mass is 10.1. The molecule has 23 heavy (non-hydrogen) atoms. The van der Waals surface area contributed by atoms with Crippen molar-refractivity contribution in [1.82, 2.24) is 10.6 Å². The Hall–Kier alpha value is -3.02. The Balaban J connectivity index is 1.95. The minimum atomic E-state index is -0.276. The van der Waals surface area contributed by atoms with Crippen LogP contribution in [0.25, 0.3) is 0 Å². The molecule has 3 amide bonds. The molecule has 120 valence electrons. The Morgan fingerprint density at radius 3 is 2.39 bits per heavy atom. The first-order valence-corrected chi connectivity index (χ1v) is 7.13. The van der Waals surface area contributed by atoms with E-state index in [4.69, 9.17) is 4.74 Å². The molecule has 3 N–H and O–H groups in total.